The number of ether oxygens (including phenoxy) is 2. The zero-order chi connectivity index (χ0) is 18.7. The van der Waals surface area contributed by atoms with Crippen LogP contribution in [-0.2, 0) is 19.7 Å². The summed E-state index contributed by atoms with van der Waals surface area (Å²) >= 11 is 0. The molecule has 3 atom stereocenters. The Balaban J connectivity index is 1.70. The highest BCUT2D eigenvalue weighted by Crippen LogP contribution is 2.55. The Kier molecular flexibility index (Phi) is 3.69. The summed E-state index contributed by atoms with van der Waals surface area (Å²) in [4.78, 5) is 26.3. The van der Waals surface area contributed by atoms with E-state index in [0.29, 0.717) is 19.5 Å². The Morgan fingerprint density at radius 2 is 2.08 bits per heavy atom. The van der Waals surface area contributed by atoms with Gasteiger partial charge in [-0.05, 0) is 43.9 Å². The monoisotopic (exact) mass is 355 g/mol. The van der Waals surface area contributed by atoms with Crippen molar-refractivity contribution < 1.29 is 19.1 Å². The van der Waals surface area contributed by atoms with E-state index in [1.54, 1.807) is 4.90 Å². The van der Waals surface area contributed by atoms with Crippen molar-refractivity contribution in [2.75, 3.05) is 13.1 Å². The second-order valence-corrected chi connectivity index (χ2v) is 8.69. The summed E-state index contributed by atoms with van der Waals surface area (Å²) < 4.78 is 11.2. The van der Waals surface area contributed by atoms with Crippen molar-refractivity contribution in [3.8, 4) is 0 Å². The third-order valence-corrected chi connectivity index (χ3v) is 5.68. The second-order valence-electron chi connectivity index (χ2n) is 8.69. The number of hydrogen-bond donors (Lipinski definition) is 0. The number of nitrogens with zero attached hydrogens (tertiary/aromatic N) is 1. The molecule has 0 bridgehead atoms. The molecule has 3 unspecified atom stereocenters. The zero-order valence-electron chi connectivity index (χ0n) is 15.6. The molecule has 1 amide bonds. The van der Waals surface area contributed by atoms with Crippen LogP contribution in [0.15, 0.2) is 36.4 Å². The van der Waals surface area contributed by atoms with Crippen LogP contribution < -0.4 is 0 Å². The fraction of sp³-hybridized carbons (Fsp3) is 0.524. The molecule has 2 aliphatic heterocycles. The fourth-order valence-corrected chi connectivity index (χ4v) is 4.66. The van der Waals surface area contributed by atoms with Gasteiger partial charge in [0.2, 0.25) is 0 Å². The number of likely N-dealkylation sites (tertiary alicyclic amines) is 1. The number of amides is 1. The van der Waals surface area contributed by atoms with Gasteiger partial charge in [0, 0.05) is 24.4 Å². The Bertz CT molecular complexity index is 793. The van der Waals surface area contributed by atoms with Crippen LogP contribution in [0.2, 0.25) is 0 Å². The van der Waals surface area contributed by atoms with Gasteiger partial charge in [-0.3, -0.25) is 4.79 Å². The molecule has 26 heavy (non-hydrogen) atoms. The minimum atomic E-state index is -0.532. The maximum atomic E-state index is 12.6. The van der Waals surface area contributed by atoms with Gasteiger partial charge in [0.25, 0.3) is 0 Å². The first-order chi connectivity index (χ1) is 12.2. The minimum absolute atomic E-state index is 0.132. The van der Waals surface area contributed by atoms with E-state index in [1.807, 2.05) is 39.0 Å². The van der Waals surface area contributed by atoms with Crippen LogP contribution >= 0.6 is 0 Å². The summed E-state index contributed by atoms with van der Waals surface area (Å²) in [7, 11) is 0. The normalized spacial score (nSPS) is 30.2. The third-order valence-electron chi connectivity index (χ3n) is 5.68. The summed E-state index contributed by atoms with van der Waals surface area (Å²) in [5.41, 5.74) is 2.33. The lowest BCUT2D eigenvalue weighted by molar-refractivity contribution is -0.142. The molecular formula is C21H25NO4. The molecule has 1 aromatic rings. The summed E-state index contributed by atoms with van der Waals surface area (Å²) in [6, 6.07) is 8.10. The van der Waals surface area contributed by atoms with Gasteiger partial charge in [-0.15, -0.1) is 0 Å². The van der Waals surface area contributed by atoms with Crippen molar-refractivity contribution in [2.45, 2.75) is 50.7 Å². The fourth-order valence-electron chi connectivity index (χ4n) is 4.66. The maximum Gasteiger partial charge on any atom is 0.410 e. The maximum absolute atomic E-state index is 12.6. The number of carbonyl (C=O) groups is 2. The molecule has 2 fully saturated rings. The van der Waals surface area contributed by atoms with E-state index >= 15 is 0 Å². The molecular weight excluding hydrogens is 330 g/mol. The quantitative estimate of drug-likeness (QED) is 0.525. The minimum Gasteiger partial charge on any atom is -0.457 e. The van der Waals surface area contributed by atoms with Gasteiger partial charge in [-0.25, -0.2) is 4.79 Å². The van der Waals surface area contributed by atoms with Gasteiger partial charge >= 0.3 is 12.1 Å². The summed E-state index contributed by atoms with van der Waals surface area (Å²) in [6.45, 7) is 10.9. The molecule has 5 nitrogen and oxygen atoms in total. The lowest BCUT2D eigenvalue weighted by Crippen LogP contribution is -2.41. The second kappa shape index (κ2) is 5.60. The van der Waals surface area contributed by atoms with E-state index in [2.05, 4.69) is 12.6 Å². The highest BCUT2D eigenvalue weighted by molar-refractivity contribution is 5.74. The van der Waals surface area contributed by atoms with Crippen LogP contribution in [0.4, 0.5) is 4.79 Å². The largest absolute Gasteiger partial charge is 0.457 e. The summed E-state index contributed by atoms with van der Waals surface area (Å²) in [6.07, 6.45) is 0.723. The van der Waals surface area contributed by atoms with E-state index in [0.717, 1.165) is 23.1 Å². The highest BCUT2D eigenvalue weighted by atomic mass is 16.6. The molecule has 1 spiro atoms. The molecule has 2 heterocycles. The van der Waals surface area contributed by atoms with Crippen LogP contribution in [-0.4, -0.2) is 35.7 Å². The number of hydrogen-bond acceptors (Lipinski definition) is 4. The number of carbonyl (C=O) groups excluding carboxylic acids is 2. The average molecular weight is 355 g/mol. The lowest BCUT2D eigenvalue weighted by Gasteiger charge is -2.41. The van der Waals surface area contributed by atoms with Crippen molar-refractivity contribution in [3.63, 3.8) is 0 Å². The lowest BCUT2D eigenvalue weighted by atomic mass is 9.63. The molecule has 5 heteroatoms. The number of fused-ring (bicyclic) bond motifs is 4. The predicted octanol–water partition coefficient (Wildman–Crippen LogP) is 3.74. The molecule has 138 valence electrons. The van der Waals surface area contributed by atoms with Crippen LogP contribution in [0.5, 0.6) is 0 Å². The van der Waals surface area contributed by atoms with Crippen molar-refractivity contribution in [2.24, 2.45) is 5.92 Å². The van der Waals surface area contributed by atoms with E-state index in [-0.39, 0.29) is 29.5 Å². The van der Waals surface area contributed by atoms with E-state index < -0.39 is 5.60 Å². The third kappa shape index (κ3) is 2.61. The van der Waals surface area contributed by atoms with Gasteiger partial charge in [0.1, 0.15) is 11.7 Å². The average Bonchev–Trinajstić information content (AvgIpc) is 3.07. The topological polar surface area (TPSA) is 55.8 Å². The van der Waals surface area contributed by atoms with E-state index in [4.69, 9.17) is 9.47 Å². The zero-order valence-corrected chi connectivity index (χ0v) is 15.6. The standard InChI is InChI=1S/C21H25NO4/c1-13-11-22(19(24)26-20(2,3)4)12-21(13)10-14-9-17(23)25-18(14)15-7-5-6-8-16(15)21/h5-8,14,18H,1,9-12H2,2-4H3. The Morgan fingerprint density at radius 3 is 2.81 bits per heavy atom. The highest BCUT2D eigenvalue weighted by Gasteiger charge is 2.54. The molecule has 0 N–H and O–H groups in total. The SMILES string of the molecule is C=C1CN(C(=O)OC(C)(C)C)CC12CC1CC(=O)OC1c1ccccc12. The van der Waals surface area contributed by atoms with Crippen molar-refractivity contribution in [1.82, 2.24) is 4.90 Å². The van der Waals surface area contributed by atoms with Crippen molar-refractivity contribution in [3.05, 3.63) is 47.5 Å². The molecule has 0 saturated carbocycles. The number of rotatable bonds is 0. The van der Waals surface area contributed by atoms with Crippen molar-refractivity contribution >= 4 is 12.1 Å². The van der Waals surface area contributed by atoms with Crippen molar-refractivity contribution in [1.29, 1.82) is 0 Å². The smallest absolute Gasteiger partial charge is 0.410 e. The number of esters is 1. The van der Waals surface area contributed by atoms with Crippen LogP contribution in [0.3, 0.4) is 0 Å². The van der Waals surface area contributed by atoms with Crippen LogP contribution in [0, 0.1) is 5.92 Å². The van der Waals surface area contributed by atoms with Crippen LogP contribution in [0.1, 0.15) is 50.8 Å². The van der Waals surface area contributed by atoms with E-state index in [1.165, 1.54) is 0 Å². The molecule has 1 aromatic carbocycles. The summed E-state index contributed by atoms with van der Waals surface area (Å²) in [5, 5.41) is 0. The first-order valence-electron chi connectivity index (χ1n) is 9.15. The Labute approximate surface area is 154 Å². The Hall–Kier alpha value is -2.30. The van der Waals surface area contributed by atoms with Gasteiger partial charge in [-0.2, -0.15) is 0 Å². The summed E-state index contributed by atoms with van der Waals surface area (Å²) in [5.74, 6) is -0.00722. The number of benzene rings is 1. The first-order valence-corrected chi connectivity index (χ1v) is 9.15. The molecule has 1 aliphatic carbocycles. The van der Waals surface area contributed by atoms with Gasteiger partial charge in [-0.1, -0.05) is 30.8 Å². The van der Waals surface area contributed by atoms with Crippen LogP contribution in [0.25, 0.3) is 0 Å². The van der Waals surface area contributed by atoms with Gasteiger partial charge in [0.15, 0.2) is 0 Å². The van der Waals surface area contributed by atoms with E-state index in [9.17, 15) is 9.59 Å². The Morgan fingerprint density at radius 1 is 1.35 bits per heavy atom. The molecule has 0 radical (unpaired) electrons. The molecule has 0 aromatic heterocycles. The molecule has 4 rings (SSSR count). The molecule has 2 saturated heterocycles. The predicted molar refractivity (Wildman–Crippen MR) is 96.6 cm³/mol. The first kappa shape index (κ1) is 17.1. The van der Waals surface area contributed by atoms with Gasteiger partial charge in [0.05, 0.1) is 6.42 Å². The molecule has 3 aliphatic rings. The van der Waals surface area contributed by atoms with Gasteiger partial charge < -0.3 is 14.4 Å².